The van der Waals surface area contributed by atoms with Crippen LogP contribution in [0.5, 0.6) is 0 Å². The first-order valence-electron chi connectivity index (χ1n) is 8.21. The van der Waals surface area contributed by atoms with Gasteiger partial charge in [-0.2, -0.15) is 0 Å². The van der Waals surface area contributed by atoms with Gasteiger partial charge >= 0.3 is 0 Å². The maximum atomic E-state index is 12.9. The lowest BCUT2D eigenvalue weighted by Crippen LogP contribution is -2.38. The lowest BCUT2D eigenvalue weighted by Gasteiger charge is -2.15. The lowest BCUT2D eigenvalue weighted by molar-refractivity contribution is -0.126. The van der Waals surface area contributed by atoms with Crippen LogP contribution in [-0.2, 0) is 9.59 Å². The number of hydrogen-bond donors (Lipinski definition) is 1. The second kappa shape index (κ2) is 8.80. The molecule has 0 aliphatic carbocycles. The molecule has 5 nitrogen and oxygen atoms in total. The van der Waals surface area contributed by atoms with E-state index in [0.717, 1.165) is 29.5 Å². The average molecular weight is 364 g/mol. The van der Waals surface area contributed by atoms with Crippen molar-refractivity contribution in [2.45, 2.75) is 26.7 Å². The fourth-order valence-electron chi connectivity index (χ4n) is 2.43. The lowest BCUT2D eigenvalue weighted by atomic mass is 10.1. The van der Waals surface area contributed by atoms with E-state index < -0.39 is 5.91 Å². The second-order valence-electron chi connectivity index (χ2n) is 5.87. The molecule has 1 saturated heterocycles. The largest absolute Gasteiger partial charge is 0.354 e. The maximum Gasteiger partial charge on any atom is 0.293 e. The molecule has 25 heavy (non-hydrogen) atoms. The number of hydrogen-bond acceptors (Lipinski definition) is 4. The van der Waals surface area contributed by atoms with Crippen LogP contribution in [0.2, 0.25) is 0 Å². The van der Waals surface area contributed by atoms with Gasteiger partial charge in [0.05, 0.1) is 4.91 Å². The Labute approximate surface area is 150 Å². The van der Waals surface area contributed by atoms with Crippen LogP contribution in [0, 0.1) is 11.7 Å². The number of nitrogens with one attached hydrogen (secondary N) is 1. The predicted molar refractivity (Wildman–Crippen MR) is 96.2 cm³/mol. The smallest absolute Gasteiger partial charge is 0.293 e. The third-order valence-corrected chi connectivity index (χ3v) is 4.75. The first-order valence-corrected chi connectivity index (χ1v) is 9.02. The predicted octanol–water partition coefficient (Wildman–Crippen LogP) is 3.41. The third-order valence-electron chi connectivity index (χ3n) is 3.85. The molecule has 0 spiro atoms. The molecule has 1 N–H and O–H groups in total. The second-order valence-corrected chi connectivity index (χ2v) is 6.86. The van der Waals surface area contributed by atoms with Crippen molar-refractivity contribution in [3.63, 3.8) is 0 Å². The highest BCUT2D eigenvalue weighted by Gasteiger charge is 2.34. The van der Waals surface area contributed by atoms with Crippen molar-refractivity contribution in [1.82, 2.24) is 10.2 Å². The van der Waals surface area contributed by atoms with Crippen LogP contribution in [0.3, 0.4) is 0 Å². The zero-order valence-electron chi connectivity index (χ0n) is 14.3. The molecular formula is C18H21FN2O3S. The summed E-state index contributed by atoms with van der Waals surface area (Å²) >= 11 is 0.846. The highest BCUT2D eigenvalue weighted by atomic mass is 32.2. The number of carbonyl (C=O) groups is 3. The summed E-state index contributed by atoms with van der Waals surface area (Å²) in [7, 11) is 0. The number of halogens is 1. The number of amides is 3. The minimum atomic E-state index is -0.393. The zero-order valence-corrected chi connectivity index (χ0v) is 15.1. The number of imide groups is 1. The average Bonchev–Trinajstić information content (AvgIpc) is 2.84. The number of rotatable bonds is 7. The van der Waals surface area contributed by atoms with Crippen LogP contribution in [0.25, 0.3) is 6.08 Å². The number of nitrogens with zero attached hydrogens (tertiary/aromatic N) is 1. The molecule has 1 aliphatic heterocycles. The summed E-state index contributed by atoms with van der Waals surface area (Å²) < 4.78 is 12.9. The van der Waals surface area contributed by atoms with E-state index in [0.29, 0.717) is 10.5 Å². The van der Waals surface area contributed by atoms with Crippen LogP contribution >= 0.6 is 11.8 Å². The van der Waals surface area contributed by atoms with Gasteiger partial charge in [-0.3, -0.25) is 19.3 Å². The Morgan fingerprint density at radius 3 is 2.64 bits per heavy atom. The van der Waals surface area contributed by atoms with E-state index in [1.54, 1.807) is 18.2 Å². The van der Waals surface area contributed by atoms with Crippen LogP contribution in [0.1, 0.15) is 32.3 Å². The van der Waals surface area contributed by atoms with Crippen LogP contribution in [-0.4, -0.2) is 35.0 Å². The highest BCUT2D eigenvalue weighted by molar-refractivity contribution is 8.18. The van der Waals surface area contributed by atoms with Crippen LogP contribution < -0.4 is 5.32 Å². The van der Waals surface area contributed by atoms with E-state index in [-0.39, 0.29) is 36.0 Å². The molecule has 134 valence electrons. The van der Waals surface area contributed by atoms with Gasteiger partial charge < -0.3 is 5.32 Å². The molecule has 1 fully saturated rings. The number of thioether (sulfide) groups is 1. The maximum absolute atomic E-state index is 12.9. The monoisotopic (exact) mass is 364 g/mol. The molecule has 1 heterocycles. The van der Waals surface area contributed by atoms with Crippen molar-refractivity contribution in [3.05, 3.63) is 40.6 Å². The molecule has 1 unspecified atom stereocenters. The van der Waals surface area contributed by atoms with Gasteiger partial charge in [-0.05, 0) is 42.0 Å². The molecule has 3 amide bonds. The van der Waals surface area contributed by atoms with Gasteiger partial charge in [0.1, 0.15) is 5.82 Å². The van der Waals surface area contributed by atoms with Crippen molar-refractivity contribution in [3.8, 4) is 0 Å². The molecule has 1 aliphatic rings. The van der Waals surface area contributed by atoms with E-state index >= 15 is 0 Å². The minimum Gasteiger partial charge on any atom is -0.354 e. The normalized spacial score (nSPS) is 17.2. The molecular weight excluding hydrogens is 343 g/mol. The summed E-state index contributed by atoms with van der Waals surface area (Å²) in [6, 6.07) is 5.67. The highest BCUT2D eigenvalue weighted by Crippen LogP contribution is 2.31. The minimum absolute atomic E-state index is 0.0734. The van der Waals surface area contributed by atoms with Crippen molar-refractivity contribution in [1.29, 1.82) is 0 Å². The summed E-state index contributed by atoms with van der Waals surface area (Å²) in [6.07, 6.45) is 3.28. The fraction of sp³-hybridized carbons (Fsp3) is 0.389. The molecule has 1 aromatic carbocycles. The summed E-state index contributed by atoms with van der Waals surface area (Å²) in [5.41, 5.74) is 0.647. The molecule has 0 aromatic heterocycles. The standard InChI is InChI=1S/C18H21FN2O3S/c1-3-4-12(2)16(22)20-9-10-21-17(23)15(25-18(21)24)11-13-5-7-14(19)8-6-13/h5-8,11-12H,3-4,9-10H2,1-2H3,(H,20,22). The SMILES string of the molecule is CCCC(C)C(=O)NCCN1C(=O)SC(=Cc2ccc(F)cc2)C1=O. The first-order chi connectivity index (χ1) is 11.9. The quantitative estimate of drug-likeness (QED) is 0.753. The number of benzene rings is 1. The molecule has 0 radical (unpaired) electrons. The Morgan fingerprint density at radius 1 is 1.32 bits per heavy atom. The Bertz CT molecular complexity index is 688. The Balaban J connectivity index is 1.92. The van der Waals surface area contributed by atoms with Crippen molar-refractivity contribution >= 4 is 34.9 Å². The Kier molecular flexibility index (Phi) is 6.75. The van der Waals surface area contributed by atoms with E-state index in [4.69, 9.17) is 0 Å². The summed E-state index contributed by atoms with van der Waals surface area (Å²) in [6.45, 7) is 4.23. The fourth-order valence-corrected chi connectivity index (χ4v) is 3.30. The topological polar surface area (TPSA) is 66.5 Å². The zero-order chi connectivity index (χ0) is 18.4. The first kappa shape index (κ1) is 19.2. The van der Waals surface area contributed by atoms with Crippen LogP contribution in [0.15, 0.2) is 29.2 Å². The Morgan fingerprint density at radius 2 is 2.00 bits per heavy atom. The van der Waals surface area contributed by atoms with Gasteiger partial charge in [0, 0.05) is 19.0 Å². The van der Waals surface area contributed by atoms with E-state index in [1.165, 1.54) is 12.1 Å². The molecule has 1 atom stereocenters. The summed E-state index contributed by atoms with van der Waals surface area (Å²) in [4.78, 5) is 37.6. The van der Waals surface area contributed by atoms with Crippen molar-refractivity contribution < 1.29 is 18.8 Å². The Hall–Kier alpha value is -2.15. The van der Waals surface area contributed by atoms with Crippen molar-refractivity contribution in [2.24, 2.45) is 5.92 Å². The van der Waals surface area contributed by atoms with E-state index in [1.807, 2.05) is 13.8 Å². The molecule has 0 saturated carbocycles. The van der Waals surface area contributed by atoms with Gasteiger partial charge in [-0.1, -0.05) is 32.4 Å². The third kappa shape index (κ3) is 5.16. The van der Waals surface area contributed by atoms with Gasteiger partial charge in [0.15, 0.2) is 0 Å². The van der Waals surface area contributed by atoms with Gasteiger partial charge in [0.25, 0.3) is 11.1 Å². The van der Waals surface area contributed by atoms with Crippen molar-refractivity contribution in [2.75, 3.05) is 13.1 Å². The molecule has 0 bridgehead atoms. The number of carbonyl (C=O) groups excluding carboxylic acids is 3. The molecule has 1 aromatic rings. The summed E-state index contributed by atoms with van der Waals surface area (Å²) in [5, 5.41) is 2.38. The van der Waals surface area contributed by atoms with Gasteiger partial charge in [0.2, 0.25) is 5.91 Å². The van der Waals surface area contributed by atoms with E-state index in [9.17, 15) is 18.8 Å². The van der Waals surface area contributed by atoms with Crippen LogP contribution in [0.4, 0.5) is 9.18 Å². The van der Waals surface area contributed by atoms with E-state index in [2.05, 4.69) is 5.32 Å². The molecule has 2 rings (SSSR count). The van der Waals surface area contributed by atoms with Gasteiger partial charge in [-0.25, -0.2) is 4.39 Å². The summed E-state index contributed by atoms with van der Waals surface area (Å²) in [5.74, 6) is -0.914. The molecule has 7 heteroatoms. The van der Waals surface area contributed by atoms with Gasteiger partial charge in [-0.15, -0.1) is 0 Å².